The average Bonchev–Trinajstić information content (AvgIpc) is 3.08. The molecule has 0 atom stereocenters. The molecule has 0 aliphatic rings. The smallest absolute Gasteiger partial charge is 0.191 e. The van der Waals surface area contributed by atoms with Crippen molar-refractivity contribution in [3.05, 3.63) is 41.5 Å². The van der Waals surface area contributed by atoms with Crippen LogP contribution >= 0.6 is 0 Å². The lowest BCUT2D eigenvalue weighted by molar-refractivity contribution is 0.0257. The van der Waals surface area contributed by atoms with Crippen LogP contribution in [0.1, 0.15) is 56.7 Å². The zero-order chi connectivity index (χ0) is 22.7. The molecule has 8 heteroatoms. The van der Waals surface area contributed by atoms with E-state index >= 15 is 0 Å². The summed E-state index contributed by atoms with van der Waals surface area (Å²) < 4.78 is 7.15. The number of hydrogen-bond donors (Lipinski definition) is 3. The number of aromatic nitrogens is 3. The van der Waals surface area contributed by atoms with E-state index in [1.807, 2.05) is 30.7 Å². The summed E-state index contributed by atoms with van der Waals surface area (Å²) in [6, 6.07) is 8.06. The van der Waals surface area contributed by atoms with Crippen LogP contribution in [0.3, 0.4) is 0 Å². The maximum Gasteiger partial charge on any atom is 0.191 e. The molecule has 2 rings (SSSR count). The topological polar surface area (TPSA) is 96.6 Å². The minimum atomic E-state index is -0.733. The third kappa shape index (κ3) is 7.86. The molecule has 0 unspecified atom stereocenters. The SMILES string of the molecule is CCCC(O)(CCC)CNC(=NCc1nnc(C)n1C)NCCc1ccc(OC)cc1. The molecule has 8 nitrogen and oxygen atoms in total. The Balaban J connectivity index is 2.03. The third-order valence-electron chi connectivity index (χ3n) is 5.44. The standard InChI is InChI=1S/C23H38N6O2/c1-6-13-23(30,14-7-2)17-26-22(25-16-21-28-27-18(3)29(21)4)24-15-12-19-8-10-20(31-5)11-9-19/h8-11,30H,6-7,12-17H2,1-5H3,(H2,24,25,26). The molecule has 0 amide bonds. The Kier molecular flexibility index (Phi) is 9.78. The summed E-state index contributed by atoms with van der Waals surface area (Å²) in [5, 5.41) is 26.0. The monoisotopic (exact) mass is 430 g/mol. The van der Waals surface area contributed by atoms with Crippen molar-refractivity contribution in [1.82, 2.24) is 25.4 Å². The largest absolute Gasteiger partial charge is 0.497 e. The van der Waals surface area contributed by atoms with Crippen LogP contribution in [-0.4, -0.2) is 51.6 Å². The maximum atomic E-state index is 11.0. The molecule has 0 spiro atoms. The first kappa shape index (κ1) is 24.7. The van der Waals surface area contributed by atoms with E-state index in [0.717, 1.165) is 56.0 Å². The molecule has 2 aromatic rings. The van der Waals surface area contributed by atoms with E-state index in [4.69, 9.17) is 9.73 Å². The summed E-state index contributed by atoms with van der Waals surface area (Å²) in [5.74, 6) is 3.17. The lowest BCUT2D eigenvalue weighted by atomic mass is 9.93. The Hall–Kier alpha value is -2.61. The second kappa shape index (κ2) is 12.3. The molecule has 3 N–H and O–H groups in total. The molecule has 0 fully saturated rings. The third-order valence-corrected chi connectivity index (χ3v) is 5.44. The van der Waals surface area contributed by atoms with Crippen molar-refractivity contribution in [3.8, 4) is 5.75 Å². The Labute approximate surface area is 186 Å². The molecule has 172 valence electrons. The van der Waals surface area contributed by atoms with Gasteiger partial charge < -0.3 is 25.0 Å². The van der Waals surface area contributed by atoms with Gasteiger partial charge in [-0.15, -0.1) is 10.2 Å². The summed E-state index contributed by atoms with van der Waals surface area (Å²) in [4.78, 5) is 4.69. The highest BCUT2D eigenvalue weighted by Crippen LogP contribution is 2.18. The number of ether oxygens (including phenoxy) is 1. The van der Waals surface area contributed by atoms with Crippen molar-refractivity contribution in [3.63, 3.8) is 0 Å². The average molecular weight is 431 g/mol. The van der Waals surface area contributed by atoms with E-state index in [2.05, 4.69) is 46.8 Å². The molecule has 0 saturated heterocycles. The van der Waals surface area contributed by atoms with E-state index in [1.165, 1.54) is 5.56 Å². The first-order chi connectivity index (χ1) is 14.9. The summed E-state index contributed by atoms with van der Waals surface area (Å²) in [5.41, 5.74) is 0.480. The molecule has 0 bridgehead atoms. The van der Waals surface area contributed by atoms with Crippen LogP contribution < -0.4 is 15.4 Å². The van der Waals surface area contributed by atoms with Gasteiger partial charge in [0, 0.05) is 20.1 Å². The van der Waals surface area contributed by atoms with Gasteiger partial charge in [-0.3, -0.25) is 0 Å². The van der Waals surface area contributed by atoms with Crippen LogP contribution in [0.4, 0.5) is 0 Å². The van der Waals surface area contributed by atoms with Crippen molar-refractivity contribution in [1.29, 1.82) is 0 Å². The lowest BCUT2D eigenvalue weighted by Gasteiger charge is -2.28. The molecule has 0 radical (unpaired) electrons. The molecule has 0 aliphatic heterocycles. The van der Waals surface area contributed by atoms with E-state index in [0.29, 0.717) is 19.0 Å². The van der Waals surface area contributed by atoms with Crippen molar-refractivity contribution in [2.45, 2.75) is 65.0 Å². The number of hydrogen-bond acceptors (Lipinski definition) is 5. The highest BCUT2D eigenvalue weighted by atomic mass is 16.5. The fraction of sp³-hybridized carbons (Fsp3) is 0.609. The molecule has 31 heavy (non-hydrogen) atoms. The number of rotatable bonds is 12. The number of nitrogens with one attached hydrogen (secondary N) is 2. The van der Waals surface area contributed by atoms with Gasteiger partial charge in [-0.1, -0.05) is 38.8 Å². The zero-order valence-corrected chi connectivity index (χ0v) is 19.6. The second-order valence-corrected chi connectivity index (χ2v) is 7.99. The van der Waals surface area contributed by atoms with Crippen LogP contribution in [0.25, 0.3) is 0 Å². The maximum absolute atomic E-state index is 11.0. The van der Waals surface area contributed by atoms with Gasteiger partial charge in [0.05, 0.1) is 12.7 Å². The Morgan fingerprint density at radius 1 is 1.13 bits per heavy atom. The van der Waals surface area contributed by atoms with Crippen molar-refractivity contribution >= 4 is 5.96 Å². The Bertz CT molecular complexity index is 810. The molecular weight excluding hydrogens is 392 g/mol. The van der Waals surface area contributed by atoms with Crippen LogP contribution in [0.15, 0.2) is 29.3 Å². The van der Waals surface area contributed by atoms with Crippen LogP contribution in [0, 0.1) is 6.92 Å². The fourth-order valence-electron chi connectivity index (χ4n) is 3.51. The van der Waals surface area contributed by atoms with Gasteiger partial charge >= 0.3 is 0 Å². The number of aryl methyl sites for hydroxylation is 1. The quantitative estimate of drug-likeness (QED) is 0.354. The zero-order valence-electron chi connectivity index (χ0n) is 19.6. The number of guanidine groups is 1. The fourth-order valence-corrected chi connectivity index (χ4v) is 3.51. The van der Waals surface area contributed by atoms with Crippen LogP contribution in [-0.2, 0) is 20.0 Å². The normalized spacial score (nSPS) is 12.1. The highest BCUT2D eigenvalue weighted by molar-refractivity contribution is 5.79. The second-order valence-electron chi connectivity index (χ2n) is 7.99. The van der Waals surface area contributed by atoms with Crippen molar-refractivity contribution in [2.24, 2.45) is 12.0 Å². The van der Waals surface area contributed by atoms with Crippen molar-refractivity contribution < 1.29 is 9.84 Å². The summed E-state index contributed by atoms with van der Waals surface area (Å²) in [6.07, 6.45) is 4.24. The summed E-state index contributed by atoms with van der Waals surface area (Å²) in [7, 11) is 3.60. The molecule has 1 aromatic heterocycles. The van der Waals surface area contributed by atoms with Gasteiger partial charge in [0.25, 0.3) is 0 Å². The molecule has 1 heterocycles. The Morgan fingerprint density at radius 3 is 2.35 bits per heavy atom. The summed E-state index contributed by atoms with van der Waals surface area (Å²) >= 11 is 0. The molecule has 0 aliphatic carbocycles. The highest BCUT2D eigenvalue weighted by Gasteiger charge is 2.25. The van der Waals surface area contributed by atoms with E-state index in [9.17, 15) is 5.11 Å². The van der Waals surface area contributed by atoms with Gasteiger partial charge in [0.2, 0.25) is 0 Å². The van der Waals surface area contributed by atoms with Gasteiger partial charge in [0.15, 0.2) is 11.8 Å². The molecule has 0 saturated carbocycles. The van der Waals surface area contributed by atoms with Crippen LogP contribution in [0.5, 0.6) is 5.75 Å². The molecule has 1 aromatic carbocycles. The van der Waals surface area contributed by atoms with Gasteiger partial charge in [-0.25, -0.2) is 4.99 Å². The minimum Gasteiger partial charge on any atom is -0.497 e. The summed E-state index contributed by atoms with van der Waals surface area (Å²) in [6.45, 7) is 7.70. The van der Waals surface area contributed by atoms with E-state index in [-0.39, 0.29) is 0 Å². The molecular formula is C23H38N6O2. The van der Waals surface area contributed by atoms with Crippen molar-refractivity contribution in [2.75, 3.05) is 20.2 Å². The number of benzene rings is 1. The number of aliphatic imine (C=N–C) groups is 1. The van der Waals surface area contributed by atoms with Crippen LogP contribution in [0.2, 0.25) is 0 Å². The Morgan fingerprint density at radius 2 is 1.81 bits per heavy atom. The minimum absolute atomic E-state index is 0.412. The van der Waals surface area contributed by atoms with E-state index in [1.54, 1.807) is 7.11 Å². The number of aliphatic hydroxyl groups is 1. The van der Waals surface area contributed by atoms with E-state index < -0.39 is 5.60 Å². The predicted molar refractivity (Wildman–Crippen MR) is 124 cm³/mol. The predicted octanol–water partition coefficient (Wildman–Crippen LogP) is 2.74. The number of nitrogens with zero attached hydrogens (tertiary/aromatic N) is 4. The lowest BCUT2D eigenvalue weighted by Crippen LogP contribution is -2.47. The van der Waals surface area contributed by atoms with Gasteiger partial charge in [0.1, 0.15) is 18.1 Å². The first-order valence-corrected chi connectivity index (χ1v) is 11.1. The number of methoxy groups -OCH3 is 1. The van der Waals surface area contributed by atoms with Gasteiger partial charge in [-0.05, 0) is 43.9 Å². The first-order valence-electron chi connectivity index (χ1n) is 11.1. The van der Waals surface area contributed by atoms with Gasteiger partial charge in [-0.2, -0.15) is 0 Å².